The van der Waals surface area contributed by atoms with Gasteiger partial charge in [0.2, 0.25) is 5.91 Å². The summed E-state index contributed by atoms with van der Waals surface area (Å²) >= 11 is 0. The molecule has 1 heterocycles. The van der Waals surface area contributed by atoms with E-state index in [4.69, 9.17) is 4.74 Å². The third-order valence-electron chi connectivity index (χ3n) is 3.27. The topological polar surface area (TPSA) is 38.3 Å². The van der Waals surface area contributed by atoms with Crippen LogP contribution in [-0.2, 0) is 9.53 Å². The number of hydrogen-bond donors (Lipinski definition) is 1. The molecule has 1 rings (SSSR count). The molecule has 4 unspecified atom stereocenters. The third-order valence-corrected chi connectivity index (χ3v) is 3.27. The molecule has 0 aliphatic carbocycles. The summed E-state index contributed by atoms with van der Waals surface area (Å²) in [5.74, 6) is 6.10. The molecule has 1 N–H and O–H groups in total. The van der Waals surface area contributed by atoms with Crippen molar-refractivity contribution in [3.8, 4) is 11.8 Å². The fraction of sp³-hybridized carbons (Fsp3) is 0.769. The van der Waals surface area contributed by atoms with Gasteiger partial charge in [-0.1, -0.05) is 6.92 Å². The van der Waals surface area contributed by atoms with E-state index in [1.54, 1.807) is 6.92 Å². The highest BCUT2D eigenvalue weighted by atomic mass is 16.5. The second-order valence-corrected chi connectivity index (χ2v) is 4.40. The first-order chi connectivity index (χ1) is 7.57. The minimum atomic E-state index is -0.0235. The first-order valence-electron chi connectivity index (χ1n) is 5.90. The van der Waals surface area contributed by atoms with Gasteiger partial charge >= 0.3 is 0 Å². The first-order valence-corrected chi connectivity index (χ1v) is 5.90. The zero-order valence-electron chi connectivity index (χ0n) is 10.5. The minimum Gasteiger partial charge on any atom is -0.374 e. The molecule has 0 aromatic rings. The average molecular weight is 223 g/mol. The predicted molar refractivity (Wildman–Crippen MR) is 63.7 cm³/mol. The normalized spacial score (nSPS) is 33.0. The van der Waals surface area contributed by atoms with Gasteiger partial charge in [0.25, 0.3) is 0 Å². The Morgan fingerprint density at radius 2 is 2.00 bits per heavy atom. The van der Waals surface area contributed by atoms with Crippen LogP contribution >= 0.6 is 0 Å². The molecule has 1 aliphatic rings. The van der Waals surface area contributed by atoms with Crippen molar-refractivity contribution >= 4 is 5.91 Å². The van der Waals surface area contributed by atoms with E-state index in [1.807, 2.05) is 13.8 Å². The summed E-state index contributed by atoms with van der Waals surface area (Å²) in [6, 6.07) is 0. The largest absolute Gasteiger partial charge is 0.374 e. The van der Waals surface area contributed by atoms with Gasteiger partial charge in [0, 0.05) is 13.0 Å². The molecule has 0 aromatic heterocycles. The Kier molecular flexibility index (Phi) is 4.82. The number of nitrogens with one attached hydrogen (secondary N) is 1. The lowest BCUT2D eigenvalue weighted by molar-refractivity contribution is -0.127. The number of hydrogen-bond acceptors (Lipinski definition) is 2. The fourth-order valence-electron chi connectivity index (χ4n) is 2.21. The second-order valence-electron chi connectivity index (χ2n) is 4.40. The van der Waals surface area contributed by atoms with E-state index in [-0.39, 0.29) is 30.0 Å². The molecule has 3 heteroatoms. The molecule has 16 heavy (non-hydrogen) atoms. The summed E-state index contributed by atoms with van der Waals surface area (Å²) in [5, 5.41) is 2.92. The van der Waals surface area contributed by atoms with Crippen LogP contribution in [-0.4, -0.2) is 24.7 Å². The Bertz CT molecular complexity index is 303. The smallest absolute Gasteiger partial charge is 0.226 e. The first kappa shape index (κ1) is 13.1. The fourth-order valence-corrected chi connectivity index (χ4v) is 2.21. The summed E-state index contributed by atoms with van der Waals surface area (Å²) < 4.78 is 5.65. The summed E-state index contributed by atoms with van der Waals surface area (Å²) in [5.41, 5.74) is 0. The molecule has 1 amide bonds. The number of carbonyl (C=O) groups is 1. The highest BCUT2D eigenvalue weighted by molar-refractivity contribution is 5.79. The van der Waals surface area contributed by atoms with Crippen molar-refractivity contribution in [2.45, 2.75) is 46.3 Å². The molecule has 4 atom stereocenters. The van der Waals surface area contributed by atoms with Crippen molar-refractivity contribution in [2.24, 2.45) is 11.8 Å². The number of rotatable bonds is 3. The van der Waals surface area contributed by atoms with E-state index in [0.29, 0.717) is 13.0 Å². The van der Waals surface area contributed by atoms with Gasteiger partial charge in [-0.05, 0) is 26.7 Å². The van der Waals surface area contributed by atoms with Gasteiger partial charge in [0.1, 0.15) is 0 Å². The van der Waals surface area contributed by atoms with Crippen LogP contribution in [0.2, 0.25) is 0 Å². The van der Waals surface area contributed by atoms with Crippen LogP contribution in [0.15, 0.2) is 0 Å². The maximum atomic E-state index is 11.9. The van der Waals surface area contributed by atoms with Crippen LogP contribution in [0.4, 0.5) is 0 Å². The average Bonchev–Trinajstić information content (AvgIpc) is 2.48. The maximum Gasteiger partial charge on any atom is 0.226 e. The molecule has 1 saturated heterocycles. The van der Waals surface area contributed by atoms with Crippen LogP contribution in [0.3, 0.4) is 0 Å². The van der Waals surface area contributed by atoms with Gasteiger partial charge in [-0.25, -0.2) is 0 Å². The van der Waals surface area contributed by atoms with Gasteiger partial charge in [-0.15, -0.1) is 11.8 Å². The van der Waals surface area contributed by atoms with E-state index in [2.05, 4.69) is 24.1 Å². The van der Waals surface area contributed by atoms with E-state index in [0.717, 1.165) is 0 Å². The van der Waals surface area contributed by atoms with Crippen molar-refractivity contribution in [1.82, 2.24) is 5.32 Å². The Hall–Kier alpha value is -1.01. The highest BCUT2D eigenvalue weighted by Gasteiger charge is 2.41. The van der Waals surface area contributed by atoms with Gasteiger partial charge in [-0.2, -0.15) is 0 Å². The van der Waals surface area contributed by atoms with Crippen LogP contribution in [0.25, 0.3) is 0 Å². The van der Waals surface area contributed by atoms with Crippen molar-refractivity contribution in [3.63, 3.8) is 0 Å². The molecule has 0 spiro atoms. The maximum absolute atomic E-state index is 11.9. The van der Waals surface area contributed by atoms with Crippen LogP contribution in [0, 0.1) is 23.7 Å². The Labute approximate surface area is 97.9 Å². The summed E-state index contributed by atoms with van der Waals surface area (Å²) in [6.45, 7) is 8.50. The Morgan fingerprint density at radius 3 is 2.50 bits per heavy atom. The van der Waals surface area contributed by atoms with Crippen LogP contribution in [0.1, 0.15) is 34.1 Å². The van der Waals surface area contributed by atoms with Crippen molar-refractivity contribution in [2.75, 3.05) is 6.54 Å². The van der Waals surface area contributed by atoms with Crippen molar-refractivity contribution < 1.29 is 9.53 Å². The Balaban J connectivity index is 2.43. The van der Waals surface area contributed by atoms with E-state index in [9.17, 15) is 4.79 Å². The van der Waals surface area contributed by atoms with Crippen molar-refractivity contribution in [1.29, 1.82) is 0 Å². The minimum absolute atomic E-state index is 0.0160. The molecule has 0 saturated carbocycles. The molecule has 3 nitrogen and oxygen atoms in total. The summed E-state index contributed by atoms with van der Waals surface area (Å²) in [6.07, 6.45) is 0.900. The SMILES string of the molecule is CC#CCCNC(=O)C1C(C)OC(C)C1C. The lowest BCUT2D eigenvalue weighted by Gasteiger charge is -2.17. The summed E-state index contributed by atoms with van der Waals surface area (Å²) in [4.78, 5) is 11.9. The van der Waals surface area contributed by atoms with E-state index < -0.39 is 0 Å². The molecule has 90 valence electrons. The Morgan fingerprint density at radius 1 is 1.31 bits per heavy atom. The number of amides is 1. The standard InChI is InChI=1S/C13H21NO2/c1-5-6-7-8-14-13(15)12-9(2)10(3)16-11(12)4/h9-12H,7-8H2,1-4H3,(H,14,15). The van der Waals surface area contributed by atoms with Crippen LogP contribution < -0.4 is 5.32 Å². The predicted octanol–water partition coefficient (Wildman–Crippen LogP) is 1.58. The zero-order chi connectivity index (χ0) is 12.1. The van der Waals surface area contributed by atoms with Gasteiger partial charge < -0.3 is 10.1 Å². The highest BCUT2D eigenvalue weighted by Crippen LogP contribution is 2.32. The lowest BCUT2D eigenvalue weighted by atomic mass is 9.89. The van der Waals surface area contributed by atoms with Gasteiger partial charge in [0.15, 0.2) is 0 Å². The molecule has 0 aromatic carbocycles. The lowest BCUT2D eigenvalue weighted by Crippen LogP contribution is -2.37. The van der Waals surface area contributed by atoms with E-state index in [1.165, 1.54) is 0 Å². The summed E-state index contributed by atoms with van der Waals surface area (Å²) in [7, 11) is 0. The second kappa shape index (κ2) is 5.91. The third kappa shape index (κ3) is 2.99. The quantitative estimate of drug-likeness (QED) is 0.582. The molecular weight excluding hydrogens is 202 g/mol. The number of ether oxygens (including phenoxy) is 1. The van der Waals surface area contributed by atoms with Gasteiger partial charge in [-0.3, -0.25) is 4.79 Å². The van der Waals surface area contributed by atoms with Crippen molar-refractivity contribution in [3.05, 3.63) is 0 Å². The molecule has 0 bridgehead atoms. The number of carbonyl (C=O) groups excluding carboxylic acids is 1. The molecule has 0 radical (unpaired) electrons. The van der Waals surface area contributed by atoms with Crippen LogP contribution in [0.5, 0.6) is 0 Å². The van der Waals surface area contributed by atoms with E-state index >= 15 is 0 Å². The van der Waals surface area contributed by atoms with Gasteiger partial charge in [0.05, 0.1) is 18.1 Å². The molecule has 1 fully saturated rings. The monoisotopic (exact) mass is 223 g/mol. The molecular formula is C13H21NO2. The molecule has 1 aliphatic heterocycles. The zero-order valence-corrected chi connectivity index (χ0v) is 10.5.